The van der Waals surface area contributed by atoms with E-state index in [1.165, 1.54) is 36.4 Å². The second kappa shape index (κ2) is 12.0. The fourth-order valence-corrected chi connectivity index (χ4v) is 6.75. The Labute approximate surface area is 193 Å². The van der Waals surface area contributed by atoms with Crippen LogP contribution >= 0.6 is 0 Å². The molecule has 29 heavy (non-hydrogen) atoms. The molecule has 2 unspecified atom stereocenters. The number of ether oxygens (including phenoxy) is 2. The molecule has 2 rings (SSSR count). The molecule has 2 atom stereocenters. The van der Waals surface area contributed by atoms with Gasteiger partial charge in [0, 0.05) is 34.4 Å². The van der Waals surface area contributed by atoms with E-state index in [0.29, 0.717) is 12.1 Å². The van der Waals surface area contributed by atoms with Crippen molar-refractivity contribution in [1.82, 2.24) is 4.90 Å². The minimum absolute atomic E-state index is 0. The Bertz CT molecular complexity index is 572. The van der Waals surface area contributed by atoms with Gasteiger partial charge >= 0.3 is 18.9 Å². The fraction of sp³-hybridized carbons (Fsp3) is 0.708. The molecule has 0 N–H and O–H groups in total. The topological polar surface area (TPSA) is 21.7 Å². The van der Waals surface area contributed by atoms with Crippen LogP contribution in [0.25, 0.3) is 0 Å². The van der Waals surface area contributed by atoms with Gasteiger partial charge in [0.25, 0.3) is 0 Å². The number of hydrogen-bond acceptors (Lipinski definition) is 3. The van der Waals surface area contributed by atoms with E-state index < -0.39 is 8.07 Å². The van der Waals surface area contributed by atoms with Crippen LogP contribution in [-0.2, 0) is 14.9 Å². The molecule has 1 aromatic carbocycles. The standard InChI is InChI=1S/C24H42NO2Si.Li/c1-24(2,3)21-11-9-20(10-12-21)19-28(6,7)16-8-15-25-22(17-26-4)13-14-23(25)18-27-5;/h9-12,19,22-23H,8,13-18H2,1-7H3;/q-1;+1. The number of methoxy groups -OCH3 is 2. The van der Waals surface area contributed by atoms with Gasteiger partial charge in [0.05, 0.1) is 13.2 Å². The molecule has 160 valence electrons. The van der Waals surface area contributed by atoms with E-state index in [1.54, 1.807) is 0 Å². The Kier molecular flexibility index (Phi) is 11.1. The van der Waals surface area contributed by atoms with E-state index >= 15 is 0 Å². The number of rotatable bonds is 10. The molecule has 1 aliphatic heterocycles. The first-order valence-electron chi connectivity index (χ1n) is 10.9. The van der Waals surface area contributed by atoms with Crippen LogP contribution in [0.3, 0.4) is 0 Å². The summed E-state index contributed by atoms with van der Waals surface area (Å²) in [7, 11) is 2.26. The van der Waals surface area contributed by atoms with Crippen LogP contribution in [0.1, 0.15) is 51.2 Å². The van der Waals surface area contributed by atoms with Gasteiger partial charge in [0.15, 0.2) is 0 Å². The van der Waals surface area contributed by atoms with Crippen molar-refractivity contribution in [2.45, 2.75) is 76.7 Å². The first-order valence-corrected chi connectivity index (χ1v) is 14.1. The molecule has 1 fully saturated rings. The van der Waals surface area contributed by atoms with Crippen LogP contribution in [0.5, 0.6) is 0 Å². The van der Waals surface area contributed by atoms with E-state index in [1.807, 2.05) is 14.2 Å². The summed E-state index contributed by atoms with van der Waals surface area (Å²) in [6.07, 6.45) is 3.72. The normalized spacial score (nSPS) is 20.5. The fourth-order valence-electron chi connectivity index (χ4n) is 4.44. The molecule has 5 heteroatoms. The molecule has 0 radical (unpaired) electrons. The molecule has 1 aromatic rings. The molecule has 1 aliphatic rings. The maximum absolute atomic E-state index is 5.46. The summed E-state index contributed by atoms with van der Waals surface area (Å²) in [5, 5.41) is 0. The van der Waals surface area contributed by atoms with Crippen molar-refractivity contribution in [2.75, 3.05) is 34.0 Å². The third-order valence-electron chi connectivity index (χ3n) is 6.06. The van der Waals surface area contributed by atoms with Crippen LogP contribution in [0, 0.1) is 6.04 Å². The van der Waals surface area contributed by atoms with Crippen molar-refractivity contribution in [3.8, 4) is 0 Å². The second-order valence-corrected chi connectivity index (χ2v) is 14.9. The Morgan fingerprint density at radius 3 is 1.97 bits per heavy atom. The zero-order valence-corrected chi connectivity index (χ0v) is 21.3. The first-order chi connectivity index (χ1) is 13.2. The number of hydrogen-bond donors (Lipinski definition) is 0. The van der Waals surface area contributed by atoms with Crippen LogP contribution in [0.2, 0.25) is 19.1 Å². The third-order valence-corrected chi connectivity index (χ3v) is 8.82. The van der Waals surface area contributed by atoms with E-state index in [-0.39, 0.29) is 24.3 Å². The maximum Gasteiger partial charge on any atom is 1.00 e. The number of nitrogens with zero attached hydrogens (tertiary/aromatic N) is 1. The summed E-state index contributed by atoms with van der Waals surface area (Å²) < 4.78 is 10.9. The van der Waals surface area contributed by atoms with Gasteiger partial charge in [0.2, 0.25) is 0 Å². The predicted molar refractivity (Wildman–Crippen MR) is 123 cm³/mol. The van der Waals surface area contributed by atoms with Crippen LogP contribution < -0.4 is 18.9 Å². The molecule has 3 nitrogen and oxygen atoms in total. The zero-order chi connectivity index (χ0) is 20.8. The van der Waals surface area contributed by atoms with Crippen molar-refractivity contribution in [3.05, 3.63) is 41.4 Å². The van der Waals surface area contributed by atoms with E-state index in [9.17, 15) is 0 Å². The Morgan fingerprint density at radius 1 is 1.00 bits per heavy atom. The zero-order valence-electron chi connectivity index (χ0n) is 20.3. The SMILES string of the molecule is COCC1CCC(COC)N1CCC[Si](C)(C)[CH-]c1ccc(C(C)(C)C)cc1.[Li+]. The van der Waals surface area contributed by atoms with Gasteiger partial charge in [-0.25, -0.2) is 0 Å². The van der Waals surface area contributed by atoms with E-state index in [0.717, 1.165) is 19.8 Å². The maximum atomic E-state index is 5.46. The minimum atomic E-state index is -1.37. The van der Waals surface area contributed by atoms with E-state index in [2.05, 4.69) is 69.1 Å². The smallest absolute Gasteiger partial charge is 0.383 e. The monoisotopic (exact) mass is 411 g/mol. The Hall–Kier alpha value is -0.216. The summed E-state index contributed by atoms with van der Waals surface area (Å²) >= 11 is 0. The molecule has 1 heterocycles. The first kappa shape index (κ1) is 26.8. The molecule has 0 spiro atoms. The number of benzene rings is 1. The quantitative estimate of drug-likeness (QED) is 0.436. The predicted octanol–water partition coefficient (Wildman–Crippen LogP) is 2.30. The van der Waals surface area contributed by atoms with Crippen LogP contribution in [-0.4, -0.2) is 59.0 Å². The van der Waals surface area contributed by atoms with Gasteiger partial charge in [0.1, 0.15) is 0 Å². The van der Waals surface area contributed by atoms with Gasteiger partial charge in [-0.1, -0.05) is 45.5 Å². The Balaban J connectivity index is 0.00000420. The second-order valence-electron chi connectivity index (χ2n) is 10.1. The van der Waals surface area contributed by atoms with Crippen molar-refractivity contribution in [3.63, 3.8) is 0 Å². The van der Waals surface area contributed by atoms with Gasteiger partial charge < -0.3 is 9.47 Å². The van der Waals surface area contributed by atoms with Crippen molar-refractivity contribution < 1.29 is 28.3 Å². The minimum Gasteiger partial charge on any atom is -0.383 e. The summed E-state index contributed by atoms with van der Waals surface area (Å²) in [5.74, 6) is 0. The molecule has 0 bridgehead atoms. The Morgan fingerprint density at radius 2 is 1.52 bits per heavy atom. The molecular weight excluding hydrogens is 369 g/mol. The van der Waals surface area contributed by atoms with Gasteiger partial charge in [-0.2, -0.15) is 23.7 Å². The molecular formula is C24H42LiNO2Si. The molecule has 0 aromatic heterocycles. The third kappa shape index (κ3) is 8.44. The molecule has 0 saturated carbocycles. The van der Waals surface area contributed by atoms with Crippen molar-refractivity contribution >= 4 is 8.07 Å². The molecule has 0 amide bonds. The van der Waals surface area contributed by atoms with E-state index in [4.69, 9.17) is 9.47 Å². The van der Waals surface area contributed by atoms with Crippen LogP contribution in [0.4, 0.5) is 0 Å². The average molecular weight is 412 g/mol. The van der Waals surface area contributed by atoms with Gasteiger partial charge in [-0.3, -0.25) is 4.90 Å². The summed E-state index contributed by atoms with van der Waals surface area (Å²) in [6.45, 7) is 14.7. The van der Waals surface area contributed by atoms with Crippen molar-refractivity contribution in [1.29, 1.82) is 0 Å². The van der Waals surface area contributed by atoms with Gasteiger partial charge in [-0.15, -0.1) is 12.1 Å². The summed E-state index contributed by atoms with van der Waals surface area (Å²) in [6, 6.07) is 14.2. The summed E-state index contributed by atoms with van der Waals surface area (Å²) in [4.78, 5) is 2.65. The summed E-state index contributed by atoms with van der Waals surface area (Å²) in [5.41, 5.74) is 3.02. The number of likely N-dealkylation sites (tertiary alicyclic amines) is 1. The molecule has 1 saturated heterocycles. The molecule has 0 aliphatic carbocycles. The average Bonchev–Trinajstić information content (AvgIpc) is 2.97. The van der Waals surface area contributed by atoms with Crippen molar-refractivity contribution in [2.24, 2.45) is 0 Å². The van der Waals surface area contributed by atoms with Crippen LogP contribution in [0.15, 0.2) is 24.3 Å². The van der Waals surface area contributed by atoms with Gasteiger partial charge in [-0.05, 0) is 31.2 Å². The largest absolute Gasteiger partial charge is 1.00 e.